The normalized spacial score (nSPS) is 13.6. The summed E-state index contributed by atoms with van der Waals surface area (Å²) >= 11 is 0. The van der Waals surface area contributed by atoms with Crippen molar-refractivity contribution in [2.75, 3.05) is 18.6 Å². The quantitative estimate of drug-likeness (QED) is 0.707. The first kappa shape index (κ1) is 16.6. The maximum Gasteiger partial charge on any atom is 0.123 e. The fraction of sp³-hybridized carbons (Fsp3) is 0.286. The second-order valence-electron chi connectivity index (χ2n) is 6.48. The summed E-state index contributed by atoms with van der Waals surface area (Å²) in [5.41, 5.74) is 5.79. The van der Waals surface area contributed by atoms with Gasteiger partial charge < -0.3 is 9.64 Å². The van der Waals surface area contributed by atoms with Gasteiger partial charge in [-0.1, -0.05) is 6.92 Å². The van der Waals surface area contributed by atoms with Gasteiger partial charge in [0.15, 0.2) is 0 Å². The number of nitrogens with zero attached hydrogens (tertiary/aromatic N) is 3. The predicted molar refractivity (Wildman–Crippen MR) is 101 cm³/mol. The van der Waals surface area contributed by atoms with E-state index in [4.69, 9.17) is 9.84 Å². The maximum absolute atomic E-state index is 13.2. The van der Waals surface area contributed by atoms with Crippen LogP contribution in [0, 0.1) is 5.82 Å². The number of rotatable bonds is 4. The molecule has 0 aliphatic carbocycles. The molecule has 2 aromatic carbocycles. The van der Waals surface area contributed by atoms with Crippen LogP contribution in [0.3, 0.4) is 0 Å². The molecule has 0 unspecified atom stereocenters. The molecule has 0 saturated carbocycles. The van der Waals surface area contributed by atoms with E-state index in [0.29, 0.717) is 0 Å². The van der Waals surface area contributed by atoms with Gasteiger partial charge in [0.25, 0.3) is 0 Å². The molecule has 1 aromatic heterocycles. The minimum absolute atomic E-state index is 0.206. The summed E-state index contributed by atoms with van der Waals surface area (Å²) in [5, 5.41) is 4.87. The molecule has 0 atom stereocenters. The number of hydrogen-bond acceptors (Lipinski definition) is 3. The predicted octanol–water partition coefficient (Wildman–Crippen LogP) is 4.15. The van der Waals surface area contributed by atoms with Crippen LogP contribution in [0.4, 0.5) is 10.1 Å². The molecule has 5 heteroatoms. The molecule has 0 amide bonds. The monoisotopic (exact) mass is 351 g/mol. The van der Waals surface area contributed by atoms with E-state index in [1.807, 2.05) is 41.1 Å². The first-order valence-corrected chi connectivity index (χ1v) is 8.94. The van der Waals surface area contributed by atoms with E-state index in [-0.39, 0.29) is 5.82 Å². The van der Waals surface area contributed by atoms with Gasteiger partial charge in [-0.05, 0) is 61.4 Å². The molecule has 0 saturated heterocycles. The van der Waals surface area contributed by atoms with Gasteiger partial charge >= 0.3 is 0 Å². The van der Waals surface area contributed by atoms with Crippen molar-refractivity contribution in [2.24, 2.45) is 0 Å². The molecule has 1 aliphatic rings. The Bertz CT molecular complexity index is 900. The first-order valence-electron chi connectivity index (χ1n) is 8.94. The Balaban J connectivity index is 1.71. The van der Waals surface area contributed by atoms with E-state index in [1.165, 1.54) is 23.4 Å². The zero-order valence-corrected chi connectivity index (χ0v) is 15.1. The van der Waals surface area contributed by atoms with Crippen molar-refractivity contribution in [3.63, 3.8) is 0 Å². The van der Waals surface area contributed by atoms with Crippen LogP contribution in [0.2, 0.25) is 0 Å². The highest BCUT2D eigenvalue weighted by Gasteiger charge is 2.25. The zero-order chi connectivity index (χ0) is 18.1. The molecule has 0 radical (unpaired) electrons. The topological polar surface area (TPSA) is 30.3 Å². The van der Waals surface area contributed by atoms with Crippen LogP contribution in [0.1, 0.15) is 23.9 Å². The lowest BCUT2D eigenvalue weighted by Gasteiger charge is -2.30. The molecule has 4 rings (SSSR count). The summed E-state index contributed by atoms with van der Waals surface area (Å²) < 4.78 is 20.6. The molecule has 0 spiro atoms. The van der Waals surface area contributed by atoms with Crippen LogP contribution in [0.25, 0.3) is 5.69 Å². The van der Waals surface area contributed by atoms with Crippen molar-refractivity contribution in [1.82, 2.24) is 9.78 Å². The molecule has 26 heavy (non-hydrogen) atoms. The molecule has 134 valence electrons. The Morgan fingerprint density at radius 1 is 1.04 bits per heavy atom. The van der Waals surface area contributed by atoms with Gasteiger partial charge in [-0.25, -0.2) is 9.07 Å². The smallest absolute Gasteiger partial charge is 0.123 e. The Morgan fingerprint density at radius 3 is 2.38 bits per heavy atom. The summed E-state index contributed by atoms with van der Waals surface area (Å²) in [6.45, 7) is 3.83. The Morgan fingerprint density at radius 2 is 1.73 bits per heavy atom. The minimum atomic E-state index is -0.206. The highest BCUT2D eigenvalue weighted by atomic mass is 19.1. The van der Waals surface area contributed by atoms with Gasteiger partial charge in [0.1, 0.15) is 11.6 Å². The third kappa shape index (κ3) is 2.94. The van der Waals surface area contributed by atoms with Crippen molar-refractivity contribution in [2.45, 2.75) is 26.3 Å². The van der Waals surface area contributed by atoms with Gasteiger partial charge in [-0.15, -0.1) is 0 Å². The van der Waals surface area contributed by atoms with E-state index in [9.17, 15) is 4.39 Å². The second kappa shape index (κ2) is 6.83. The summed E-state index contributed by atoms with van der Waals surface area (Å²) in [7, 11) is 1.67. The van der Waals surface area contributed by atoms with Crippen LogP contribution in [0.5, 0.6) is 5.75 Å². The summed E-state index contributed by atoms with van der Waals surface area (Å²) in [4.78, 5) is 2.28. The zero-order valence-electron chi connectivity index (χ0n) is 15.1. The summed E-state index contributed by atoms with van der Waals surface area (Å²) in [5.74, 6) is 0.626. The largest absolute Gasteiger partial charge is 0.497 e. The van der Waals surface area contributed by atoms with E-state index >= 15 is 0 Å². The number of aromatic nitrogens is 2. The van der Waals surface area contributed by atoms with Crippen LogP contribution in [-0.2, 0) is 19.4 Å². The van der Waals surface area contributed by atoms with Gasteiger partial charge in [0.05, 0.1) is 30.7 Å². The van der Waals surface area contributed by atoms with Crippen molar-refractivity contribution in [1.29, 1.82) is 0 Å². The van der Waals surface area contributed by atoms with Crippen LogP contribution >= 0.6 is 0 Å². The average molecular weight is 351 g/mol. The lowest BCUT2D eigenvalue weighted by molar-refractivity contribution is 0.414. The fourth-order valence-corrected chi connectivity index (χ4v) is 3.59. The number of hydrogen-bond donors (Lipinski definition) is 0. The van der Waals surface area contributed by atoms with Crippen molar-refractivity contribution in [3.8, 4) is 11.4 Å². The highest BCUT2D eigenvalue weighted by Crippen LogP contribution is 2.29. The first-order chi connectivity index (χ1) is 12.7. The Labute approximate surface area is 152 Å². The number of ether oxygens (including phenoxy) is 1. The molecule has 4 nitrogen and oxygen atoms in total. The van der Waals surface area contributed by atoms with Crippen molar-refractivity contribution in [3.05, 3.63) is 71.3 Å². The highest BCUT2D eigenvalue weighted by molar-refractivity contribution is 5.51. The third-order valence-corrected chi connectivity index (χ3v) is 4.99. The van der Waals surface area contributed by atoms with Crippen molar-refractivity contribution >= 4 is 5.69 Å². The number of benzene rings is 2. The van der Waals surface area contributed by atoms with E-state index in [1.54, 1.807) is 7.11 Å². The van der Waals surface area contributed by atoms with Gasteiger partial charge in [0.2, 0.25) is 0 Å². The SMILES string of the molecule is CCc1nn(-c2ccc(OC)cc2)c2c1CCN(c1ccc(F)cc1)C2. The number of fused-ring (bicyclic) bond motifs is 1. The summed E-state index contributed by atoms with van der Waals surface area (Å²) in [6, 6.07) is 14.7. The maximum atomic E-state index is 13.2. The van der Waals surface area contributed by atoms with Gasteiger partial charge in [-0.2, -0.15) is 5.10 Å². The number of aryl methyl sites for hydroxylation is 1. The van der Waals surface area contributed by atoms with E-state index in [0.717, 1.165) is 48.7 Å². The third-order valence-electron chi connectivity index (χ3n) is 4.99. The Kier molecular flexibility index (Phi) is 4.37. The Hall–Kier alpha value is -2.82. The van der Waals surface area contributed by atoms with E-state index < -0.39 is 0 Å². The van der Waals surface area contributed by atoms with Gasteiger partial charge in [-0.3, -0.25) is 0 Å². The lowest BCUT2D eigenvalue weighted by Crippen LogP contribution is -2.31. The molecule has 2 heterocycles. The molecular formula is C21H22FN3O. The second-order valence-corrected chi connectivity index (χ2v) is 6.48. The molecule has 3 aromatic rings. The molecule has 0 N–H and O–H groups in total. The number of halogens is 1. The minimum Gasteiger partial charge on any atom is -0.497 e. The number of methoxy groups -OCH3 is 1. The van der Waals surface area contributed by atoms with Gasteiger partial charge in [0, 0.05) is 17.8 Å². The fourth-order valence-electron chi connectivity index (χ4n) is 3.59. The van der Waals surface area contributed by atoms with Crippen LogP contribution in [-0.4, -0.2) is 23.4 Å². The summed E-state index contributed by atoms with van der Waals surface area (Å²) in [6.07, 6.45) is 1.87. The lowest BCUT2D eigenvalue weighted by atomic mass is 10.0. The molecule has 1 aliphatic heterocycles. The molecular weight excluding hydrogens is 329 g/mol. The standard InChI is InChI=1S/C21H22FN3O/c1-3-20-19-12-13-24(16-6-4-15(22)5-7-16)14-21(19)25(23-20)17-8-10-18(26-2)11-9-17/h4-11H,3,12-14H2,1-2H3. The number of anilines is 1. The molecule has 0 fully saturated rings. The van der Waals surface area contributed by atoms with Crippen molar-refractivity contribution < 1.29 is 9.13 Å². The van der Waals surface area contributed by atoms with Crippen LogP contribution < -0.4 is 9.64 Å². The molecule has 0 bridgehead atoms. The van der Waals surface area contributed by atoms with E-state index in [2.05, 4.69) is 11.8 Å². The average Bonchev–Trinajstić information content (AvgIpc) is 3.06. The van der Waals surface area contributed by atoms with Crippen LogP contribution in [0.15, 0.2) is 48.5 Å².